The van der Waals surface area contributed by atoms with Gasteiger partial charge in [-0.3, -0.25) is 4.79 Å². The van der Waals surface area contributed by atoms with Crippen molar-refractivity contribution in [2.45, 2.75) is 105 Å². The Hall–Kier alpha value is -0.790. The van der Waals surface area contributed by atoms with Gasteiger partial charge >= 0.3 is 5.97 Å². The molecule has 170 valence electrons. The van der Waals surface area contributed by atoms with E-state index in [-0.39, 0.29) is 11.3 Å². The summed E-state index contributed by atoms with van der Waals surface area (Å²) in [6.07, 6.45) is 16.5. The molecule has 0 aromatic carbocycles. The number of carboxylic acids is 1. The zero-order valence-electron chi connectivity index (χ0n) is 20.3. The van der Waals surface area contributed by atoms with E-state index in [9.17, 15) is 9.90 Å². The maximum Gasteiger partial charge on any atom is 0.310 e. The summed E-state index contributed by atoms with van der Waals surface area (Å²) in [5, 5.41) is 9.53. The molecule has 0 bridgehead atoms. The van der Waals surface area contributed by atoms with Crippen LogP contribution in [-0.4, -0.2) is 11.1 Å². The molecule has 2 nitrogen and oxygen atoms in total. The first kappa shape index (κ1) is 22.4. The molecule has 0 spiro atoms. The molecule has 30 heavy (non-hydrogen) atoms. The Morgan fingerprint density at radius 1 is 1.03 bits per heavy atom. The van der Waals surface area contributed by atoms with Crippen molar-refractivity contribution < 1.29 is 9.90 Å². The molecule has 2 heteroatoms. The molecule has 4 aliphatic carbocycles. The highest BCUT2D eigenvalue weighted by Crippen LogP contribution is 2.68. The first-order valence-electron chi connectivity index (χ1n) is 13.1. The normalized spacial score (nSPS) is 44.1. The van der Waals surface area contributed by atoms with Crippen LogP contribution in [0.25, 0.3) is 0 Å². The molecular weight excluding hydrogens is 368 g/mol. The fraction of sp³-hybridized carbons (Fsp3) is 0.893. The minimum Gasteiger partial charge on any atom is -0.481 e. The largest absolute Gasteiger partial charge is 0.481 e. The van der Waals surface area contributed by atoms with E-state index in [1.54, 1.807) is 0 Å². The third kappa shape index (κ3) is 3.69. The minimum atomic E-state index is -0.618. The number of carbonyl (C=O) groups is 1. The highest BCUT2D eigenvalue weighted by Gasteiger charge is 2.59. The van der Waals surface area contributed by atoms with Gasteiger partial charge < -0.3 is 5.11 Å². The molecule has 0 radical (unpaired) electrons. The number of hydrogen-bond acceptors (Lipinski definition) is 1. The van der Waals surface area contributed by atoms with Gasteiger partial charge in [-0.25, -0.2) is 0 Å². The monoisotopic (exact) mass is 414 g/mol. The van der Waals surface area contributed by atoms with E-state index < -0.39 is 5.97 Å². The third-order valence-corrected chi connectivity index (χ3v) is 10.6. The van der Waals surface area contributed by atoms with Crippen molar-refractivity contribution in [2.75, 3.05) is 0 Å². The second-order valence-electron chi connectivity index (χ2n) is 12.5. The second kappa shape index (κ2) is 8.28. The molecular formula is C28H46O2. The van der Waals surface area contributed by atoms with Crippen LogP contribution in [-0.2, 0) is 4.79 Å². The first-order valence-corrected chi connectivity index (χ1v) is 13.1. The molecule has 0 unspecified atom stereocenters. The van der Waals surface area contributed by atoms with Gasteiger partial charge in [0.05, 0.1) is 5.92 Å². The zero-order valence-corrected chi connectivity index (χ0v) is 20.3. The highest BCUT2D eigenvalue weighted by molar-refractivity contribution is 5.72. The fourth-order valence-corrected chi connectivity index (χ4v) is 8.95. The van der Waals surface area contributed by atoms with E-state index in [0.717, 1.165) is 54.8 Å². The van der Waals surface area contributed by atoms with Crippen molar-refractivity contribution in [3.05, 3.63) is 11.6 Å². The molecule has 3 saturated carbocycles. The Bertz CT molecular complexity index is 678. The lowest BCUT2D eigenvalue weighted by atomic mass is 9.46. The van der Waals surface area contributed by atoms with E-state index >= 15 is 0 Å². The fourth-order valence-electron chi connectivity index (χ4n) is 8.95. The molecule has 4 aliphatic rings. The van der Waals surface area contributed by atoms with Gasteiger partial charge in [-0.15, -0.1) is 0 Å². The van der Waals surface area contributed by atoms with Crippen LogP contribution in [0.3, 0.4) is 0 Å². The van der Waals surface area contributed by atoms with Gasteiger partial charge in [0.25, 0.3) is 0 Å². The van der Waals surface area contributed by atoms with E-state index in [4.69, 9.17) is 0 Å². The molecule has 0 aliphatic heterocycles. The average Bonchev–Trinajstić information content (AvgIpc) is 3.04. The predicted octanol–water partition coefficient (Wildman–Crippen LogP) is 7.73. The highest BCUT2D eigenvalue weighted by atomic mass is 16.4. The maximum atomic E-state index is 11.6. The minimum absolute atomic E-state index is 0.235. The lowest BCUT2D eigenvalue weighted by Gasteiger charge is -2.59. The lowest BCUT2D eigenvalue weighted by Crippen LogP contribution is -2.51. The van der Waals surface area contributed by atoms with Crippen LogP contribution in [0, 0.1) is 52.3 Å². The predicted molar refractivity (Wildman–Crippen MR) is 124 cm³/mol. The Labute approximate surface area is 185 Å². The molecule has 0 aromatic heterocycles. The molecule has 0 saturated heterocycles. The molecule has 0 heterocycles. The van der Waals surface area contributed by atoms with Gasteiger partial charge in [0.2, 0.25) is 0 Å². The van der Waals surface area contributed by atoms with Crippen molar-refractivity contribution >= 4 is 5.97 Å². The van der Waals surface area contributed by atoms with E-state index in [1.165, 1.54) is 56.9 Å². The number of fused-ring (bicyclic) bond motifs is 5. The average molecular weight is 415 g/mol. The van der Waals surface area contributed by atoms with Gasteiger partial charge in [0.15, 0.2) is 0 Å². The van der Waals surface area contributed by atoms with E-state index in [0.29, 0.717) is 5.41 Å². The summed E-state index contributed by atoms with van der Waals surface area (Å²) < 4.78 is 0. The third-order valence-electron chi connectivity index (χ3n) is 10.6. The van der Waals surface area contributed by atoms with Crippen LogP contribution in [0.4, 0.5) is 0 Å². The van der Waals surface area contributed by atoms with Crippen LogP contribution < -0.4 is 0 Å². The summed E-state index contributed by atoms with van der Waals surface area (Å²) in [5.74, 6) is 4.35. The van der Waals surface area contributed by atoms with Crippen molar-refractivity contribution in [1.29, 1.82) is 0 Å². The molecule has 3 fully saturated rings. The topological polar surface area (TPSA) is 37.3 Å². The van der Waals surface area contributed by atoms with E-state index in [2.05, 4.69) is 40.7 Å². The van der Waals surface area contributed by atoms with Crippen LogP contribution in [0.2, 0.25) is 0 Å². The number of carboxylic acid groups (broad SMARTS) is 1. The summed E-state index contributed by atoms with van der Waals surface area (Å²) in [4.78, 5) is 11.6. The zero-order chi connectivity index (χ0) is 21.7. The Kier molecular flexibility index (Phi) is 6.19. The summed E-state index contributed by atoms with van der Waals surface area (Å²) in [6, 6.07) is 0. The SMILES string of the molecule is CC(C)CCC[C@@H](C)[C@H]1CC[C@H]2[C@@H]3CCC4=C[C@H](C(=O)O)CC[C@]4(C)[C@H]3CC[C@]12C. The maximum absolute atomic E-state index is 11.6. The Morgan fingerprint density at radius 2 is 1.80 bits per heavy atom. The summed E-state index contributed by atoms with van der Waals surface area (Å²) in [7, 11) is 0. The lowest BCUT2D eigenvalue weighted by molar-refractivity contribution is -0.141. The van der Waals surface area contributed by atoms with Gasteiger partial charge in [-0.1, -0.05) is 65.5 Å². The van der Waals surface area contributed by atoms with Crippen molar-refractivity contribution in [3.63, 3.8) is 0 Å². The number of hydrogen-bond donors (Lipinski definition) is 1. The molecule has 0 aromatic rings. The standard InChI is InChI=1S/C28H46O2/c1-18(2)7-6-8-19(3)23-11-12-24-22-10-9-21-17-20(26(29)30)13-15-27(21,4)25(22)14-16-28(23,24)5/h17-20,22-25H,6-16H2,1-5H3,(H,29,30)/t19-,20-,22+,23-,24+,25+,27+,28-/m1/s1. The molecule has 1 N–H and O–H groups in total. The van der Waals surface area contributed by atoms with Crippen molar-refractivity contribution in [1.82, 2.24) is 0 Å². The Balaban J connectivity index is 1.49. The van der Waals surface area contributed by atoms with Crippen molar-refractivity contribution in [2.24, 2.45) is 52.3 Å². The smallest absolute Gasteiger partial charge is 0.310 e. The number of rotatable bonds is 6. The number of allylic oxidation sites excluding steroid dienone is 1. The first-order chi connectivity index (χ1) is 14.2. The van der Waals surface area contributed by atoms with Gasteiger partial charge in [-0.05, 0) is 97.7 Å². The summed E-state index contributed by atoms with van der Waals surface area (Å²) in [6.45, 7) is 12.4. The van der Waals surface area contributed by atoms with Gasteiger partial charge in [0, 0.05) is 0 Å². The van der Waals surface area contributed by atoms with Crippen LogP contribution in [0.5, 0.6) is 0 Å². The van der Waals surface area contributed by atoms with Crippen LogP contribution in [0.15, 0.2) is 11.6 Å². The summed E-state index contributed by atoms with van der Waals surface area (Å²) in [5.41, 5.74) is 2.33. The quantitative estimate of drug-likeness (QED) is 0.451. The van der Waals surface area contributed by atoms with Gasteiger partial charge in [0.1, 0.15) is 0 Å². The van der Waals surface area contributed by atoms with Crippen LogP contribution >= 0.6 is 0 Å². The molecule has 0 amide bonds. The molecule has 4 rings (SSSR count). The summed E-state index contributed by atoms with van der Waals surface area (Å²) >= 11 is 0. The second-order valence-corrected chi connectivity index (χ2v) is 12.5. The van der Waals surface area contributed by atoms with Gasteiger partial charge in [-0.2, -0.15) is 0 Å². The Morgan fingerprint density at radius 3 is 2.50 bits per heavy atom. The van der Waals surface area contributed by atoms with E-state index in [1.807, 2.05) is 0 Å². The number of aliphatic carboxylic acids is 1. The van der Waals surface area contributed by atoms with Crippen LogP contribution in [0.1, 0.15) is 105 Å². The molecule has 8 atom stereocenters. The van der Waals surface area contributed by atoms with Crippen molar-refractivity contribution in [3.8, 4) is 0 Å².